The fraction of sp³-hybridized carbons (Fsp3) is 0.273. The Morgan fingerprint density at radius 2 is 1.78 bits per heavy atom. The van der Waals surface area contributed by atoms with Gasteiger partial charge in [-0.3, -0.25) is 9.59 Å². The van der Waals surface area contributed by atoms with Crippen molar-refractivity contribution in [2.45, 2.75) is 25.3 Å². The van der Waals surface area contributed by atoms with E-state index in [0.29, 0.717) is 19.5 Å². The first kappa shape index (κ1) is 17.7. The second-order valence-electron chi connectivity index (χ2n) is 6.92. The molecule has 1 fully saturated rings. The molecule has 4 nitrogen and oxygen atoms in total. The lowest BCUT2D eigenvalue weighted by Crippen LogP contribution is -2.46. The largest absolute Gasteiger partial charge is 0.353 e. The van der Waals surface area contributed by atoms with Crippen LogP contribution in [-0.2, 0) is 11.2 Å². The number of rotatable bonds is 4. The Hall–Kier alpha value is -2.66. The first-order valence-electron chi connectivity index (χ1n) is 9.29. The van der Waals surface area contributed by atoms with Crippen LogP contribution >= 0.6 is 11.3 Å². The van der Waals surface area contributed by atoms with Crippen LogP contribution in [0.5, 0.6) is 0 Å². The molecule has 27 heavy (non-hydrogen) atoms. The van der Waals surface area contributed by atoms with Crippen molar-refractivity contribution in [1.29, 1.82) is 0 Å². The molecule has 4 rings (SSSR count). The van der Waals surface area contributed by atoms with Gasteiger partial charge in [-0.1, -0.05) is 42.5 Å². The third kappa shape index (κ3) is 4.03. The van der Waals surface area contributed by atoms with Crippen molar-refractivity contribution in [3.8, 4) is 0 Å². The summed E-state index contributed by atoms with van der Waals surface area (Å²) in [7, 11) is 0. The number of amides is 2. The number of nitrogens with zero attached hydrogens (tertiary/aromatic N) is 1. The Balaban J connectivity index is 1.36. The molecule has 5 heteroatoms. The molecular formula is C22H22N2O2S. The van der Waals surface area contributed by atoms with Crippen LogP contribution in [0, 0.1) is 0 Å². The van der Waals surface area contributed by atoms with Crippen LogP contribution in [0.4, 0.5) is 0 Å². The summed E-state index contributed by atoms with van der Waals surface area (Å²) in [6.07, 6.45) is 2.03. The van der Waals surface area contributed by atoms with Gasteiger partial charge in [0, 0.05) is 29.6 Å². The molecule has 0 atom stereocenters. The van der Waals surface area contributed by atoms with Gasteiger partial charge in [0.1, 0.15) is 0 Å². The average molecular weight is 378 g/mol. The third-order valence-corrected chi connectivity index (χ3v) is 5.96. The van der Waals surface area contributed by atoms with Gasteiger partial charge in [-0.05, 0) is 41.1 Å². The first-order chi connectivity index (χ1) is 13.2. The maximum atomic E-state index is 13.0. The van der Waals surface area contributed by atoms with Crippen molar-refractivity contribution < 1.29 is 9.59 Å². The van der Waals surface area contributed by atoms with Crippen molar-refractivity contribution in [2.75, 3.05) is 13.1 Å². The molecule has 1 aliphatic heterocycles. The van der Waals surface area contributed by atoms with E-state index in [0.717, 1.165) is 34.1 Å². The summed E-state index contributed by atoms with van der Waals surface area (Å²) in [6.45, 7) is 1.35. The molecule has 0 radical (unpaired) electrons. The number of thiophene rings is 1. The number of piperidine rings is 1. The van der Waals surface area contributed by atoms with Gasteiger partial charge >= 0.3 is 0 Å². The van der Waals surface area contributed by atoms with Gasteiger partial charge in [0.05, 0.1) is 6.42 Å². The number of likely N-dealkylation sites (tertiary alicyclic amines) is 1. The maximum absolute atomic E-state index is 13.0. The van der Waals surface area contributed by atoms with E-state index in [4.69, 9.17) is 0 Å². The summed E-state index contributed by atoms with van der Waals surface area (Å²) in [5.74, 6) is 0.145. The summed E-state index contributed by atoms with van der Waals surface area (Å²) >= 11 is 1.60. The highest BCUT2D eigenvalue weighted by atomic mass is 32.1. The molecule has 2 aromatic carbocycles. The Morgan fingerprint density at radius 1 is 1.00 bits per heavy atom. The second kappa shape index (κ2) is 7.92. The van der Waals surface area contributed by atoms with Gasteiger partial charge in [-0.15, -0.1) is 11.3 Å². The molecule has 0 spiro atoms. The van der Waals surface area contributed by atoms with Gasteiger partial charge < -0.3 is 10.2 Å². The SMILES string of the molecule is O=C(Cc1cccs1)NC1CCN(C(=O)c2cccc3ccccc23)CC1. The van der Waals surface area contributed by atoms with E-state index in [1.165, 1.54) is 0 Å². The van der Waals surface area contributed by atoms with Crippen LogP contribution in [0.25, 0.3) is 10.8 Å². The summed E-state index contributed by atoms with van der Waals surface area (Å²) in [5, 5.41) is 7.18. The number of hydrogen-bond acceptors (Lipinski definition) is 3. The molecule has 0 unspecified atom stereocenters. The van der Waals surface area contributed by atoms with Crippen LogP contribution in [0.15, 0.2) is 60.0 Å². The molecule has 138 valence electrons. The van der Waals surface area contributed by atoms with Crippen LogP contribution in [0.1, 0.15) is 28.1 Å². The number of nitrogens with one attached hydrogen (secondary N) is 1. The standard InChI is InChI=1S/C22H22N2O2S/c25-21(15-18-7-4-14-27-18)23-17-10-12-24(13-11-17)22(26)20-9-3-6-16-5-1-2-8-19(16)20/h1-9,14,17H,10-13,15H2,(H,23,25). The number of fused-ring (bicyclic) bond motifs is 1. The predicted octanol–water partition coefficient (Wildman–Crippen LogP) is 3.86. The molecule has 0 saturated carbocycles. The predicted molar refractivity (Wildman–Crippen MR) is 109 cm³/mol. The molecule has 2 amide bonds. The zero-order chi connectivity index (χ0) is 18.6. The molecule has 1 aromatic heterocycles. The minimum atomic E-state index is 0.0660. The summed E-state index contributed by atoms with van der Waals surface area (Å²) in [5.41, 5.74) is 0.758. The van der Waals surface area contributed by atoms with Gasteiger partial charge in [0.15, 0.2) is 0 Å². The van der Waals surface area contributed by atoms with Gasteiger partial charge in [0.25, 0.3) is 5.91 Å². The lowest BCUT2D eigenvalue weighted by molar-refractivity contribution is -0.121. The molecule has 1 saturated heterocycles. The maximum Gasteiger partial charge on any atom is 0.254 e. The Morgan fingerprint density at radius 3 is 2.56 bits per heavy atom. The van der Waals surface area contributed by atoms with Crippen LogP contribution < -0.4 is 5.32 Å². The van der Waals surface area contributed by atoms with Crippen LogP contribution in [-0.4, -0.2) is 35.8 Å². The lowest BCUT2D eigenvalue weighted by atomic mass is 10.0. The molecule has 2 heterocycles. The molecule has 1 aliphatic rings. The number of hydrogen-bond donors (Lipinski definition) is 1. The summed E-state index contributed by atoms with van der Waals surface area (Å²) in [4.78, 5) is 28.2. The second-order valence-corrected chi connectivity index (χ2v) is 7.95. The summed E-state index contributed by atoms with van der Waals surface area (Å²) < 4.78 is 0. The highest BCUT2D eigenvalue weighted by Crippen LogP contribution is 2.22. The number of benzene rings is 2. The number of carbonyl (C=O) groups excluding carboxylic acids is 2. The highest BCUT2D eigenvalue weighted by molar-refractivity contribution is 7.10. The van der Waals surface area contributed by atoms with Crippen molar-refractivity contribution in [2.24, 2.45) is 0 Å². The Kier molecular flexibility index (Phi) is 5.21. The monoisotopic (exact) mass is 378 g/mol. The van der Waals surface area contributed by atoms with Crippen molar-refractivity contribution in [1.82, 2.24) is 10.2 Å². The minimum Gasteiger partial charge on any atom is -0.353 e. The van der Waals surface area contributed by atoms with Crippen LogP contribution in [0.2, 0.25) is 0 Å². The lowest BCUT2D eigenvalue weighted by Gasteiger charge is -2.32. The normalized spacial score (nSPS) is 15.0. The van der Waals surface area contributed by atoms with E-state index in [1.807, 2.05) is 64.9 Å². The van der Waals surface area contributed by atoms with Crippen molar-refractivity contribution >= 4 is 33.9 Å². The van der Waals surface area contributed by atoms with E-state index in [1.54, 1.807) is 11.3 Å². The third-order valence-electron chi connectivity index (χ3n) is 5.08. The zero-order valence-electron chi connectivity index (χ0n) is 15.1. The first-order valence-corrected chi connectivity index (χ1v) is 10.2. The van der Waals surface area contributed by atoms with E-state index >= 15 is 0 Å². The number of carbonyl (C=O) groups is 2. The minimum absolute atomic E-state index is 0.0660. The molecule has 0 bridgehead atoms. The molecule has 3 aromatic rings. The topological polar surface area (TPSA) is 49.4 Å². The van der Waals surface area contributed by atoms with Crippen molar-refractivity contribution in [3.63, 3.8) is 0 Å². The quantitative estimate of drug-likeness (QED) is 0.749. The van der Waals surface area contributed by atoms with E-state index < -0.39 is 0 Å². The summed E-state index contributed by atoms with van der Waals surface area (Å²) in [6, 6.07) is 17.9. The fourth-order valence-electron chi connectivity index (χ4n) is 3.66. The fourth-order valence-corrected chi connectivity index (χ4v) is 4.36. The molecular weight excluding hydrogens is 356 g/mol. The van der Waals surface area contributed by atoms with Gasteiger partial charge in [0.2, 0.25) is 5.91 Å². The van der Waals surface area contributed by atoms with Gasteiger partial charge in [-0.25, -0.2) is 0 Å². The average Bonchev–Trinajstić information content (AvgIpc) is 3.20. The van der Waals surface area contributed by atoms with E-state index in [2.05, 4.69) is 5.32 Å². The Labute approximate surface area is 162 Å². The highest BCUT2D eigenvalue weighted by Gasteiger charge is 2.25. The van der Waals surface area contributed by atoms with E-state index in [-0.39, 0.29) is 17.9 Å². The van der Waals surface area contributed by atoms with Crippen LogP contribution in [0.3, 0.4) is 0 Å². The smallest absolute Gasteiger partial charge is 0.254 e. The molecule has 0 aliphatic carbocycles. The van der Waals surface area contributed by atoms with Gasteiger partial charge in [-0.2, -0.15) is 0 Å². The molecule has 1 N–H and O–H groups in total. The zero-order valence-corrected chi connectivity index (χ0v) is 15.9. The van der Waals surface area contributed by atoms with Crippen molar-refractivity contribution in [3.05, 3.63) is 70.4 Å². The van der Waals surface area contributed by atoms with E-state index in [9.17, 15) is 9.59 Å². The Bertz CT molecular complexity index is 939.